The van der Waals surface area contributed by atoms with Crippen molar-refractivity contribution in [2.24, 2.45) is 0 Å². The van der Waals surface area contributed by atoms with Crippen molar-refractivity contribution in [1.29, 1.82) is 0 Å². The molecule has 1 unspecified atom stereocenters. The SMILES string of the molecule is CSC(C)CCNS(=O)(=O)c1ccc2nc(N)ccc2c1. The van der Waals surface area contributed by atoms with Crippen LogP contribution in [0.1, 0.15) is 13.3 Å². The van der Waals surface area contributed by atoms with Crippen LogP contribution < -0.4 is 10.5 Å². The predicted octanol–water partition coefficient (Wildman–Crippen LogP) is 2.24. The monoisotopic (exact) mass is 325 g/mol. The highest BCUT2D eigenvalue weighted by molar-refractivity contribution is 7.99. The maximum atomic E-state index is 12.2. The van der Waals surface area contributed by atoms with Gasteiger partial charge in [0.15, 0.2) is 0 Å². The third-order valence-corrected chi connectivity index (χ3v) is 5.74. The lowest BCUT2D eigenvalue weighted by molar-refractivity contribution is 0.579. The van der Waals surface area contributed by atoms with Gasteiger partial charge in [0.1, 0.15) is 5.82 Å². The first-order valence-corrected chi connectivity index (χ1v) is 9.38. The van der Waals surface area contributed by atoms with E-state index >= 15 is 0 Å². The lowest BCUT2D eigenvalue weighted by atomic mass is 10.2. The average molecular weight is 325 g/mol. The number of nitrogens with two attached hydrogens (primary N) is 1. The van der Waals surface area contributed by atoms with Crippen LogP contribution in [0.25, 0.3) is 10.9 Å². The second-order valence-electron chi connectivity index (χ2n) is 4.82. The number of fused-ring (bicyclic) bond motifs is 1. The van der Waals surface area contributed by atoms with Gasteiger partial charge in [0.05, 0.1) is 10.4 Å². The van der Waals surface area contributed by atoms with Crippen LogP contribution in [-0.2, 0) is 10.0 Å². The quantitative estimate of drug-likeness (QED) is 0.851. The van der Waals surface area contributed by atoms with E-state index in [2.05, 4.69) is 16.6 Å². The molecule has 114 valence electrons. The van der Waals surface area contributed by atoms with Gasteiger partial charge in [-0.15, -0.1) is 0 Å². The Morgan fingerprint density at radius 1 is 1.33 bits per heavy atom. The molecule has 1 atom stereocenters. The molecule has 0 aliphatic heterocycles. The molecule has 1 heterocycles. The van der Waals surface area contributed by atoms with Crippen molar-refractivity contribution in [2.75, 3.05) is 18.5 Å². The zero-order chi connectivity index (χ0) is 15.5. The molecule has 0 saturated carbocycles. The van der Waals surface area contributed by atoms with Gasteiger partial charge in [-0.25, -0.2) is 18.1 Å². The molecule has 3 N–H and O–H groups in total. The average Bonchev–Trinajstić information content (AvgIpc) is 2.46. The van der Waals surface area contributed by atoms with Gasteiger partial charge in [0.25, 0.3) is 0 Å². The zero-order valence-corrected chi connectivity index (χ0v) is 13.7. The summed E-state index contributed by atoms with van der Waals surface area (Å²) in [6, 6.07) is 8.26. The molecule has 0 bridgehead atoms. The zero-order valence-electron chi connectivity index (χ0n) is 12.0. The van der Waals surface area contributed by atoms with Gasteiger partial charge >= 0.3 is 0 Å². The Kier molecular flexibility index (Phi) is 5.08. The molecule has 21 heavy (non-hydrogen) atoms. The highest BCUT2D eigenvalue weighted by Gasteiger charge is 2.14. The van der Waals surface area contributed by atoms with E-state index in [1.165, 1.54) is 0 Å². The summed E-state index contributed by atoms with van der Waals surface area (Å²) in [4.78, 5) is 4.40. The Morgan fingerprint density at radius 2 is 2.10 bits per heavy atom. The maximum Gasteiger partial charge on any atom is 0.240 e. The number of nitrogen functional groups attached to an aromatic ring is 1. The number of pyridine rings is 1. The molecule has 1 aromatic heterocycles. The molecule has 2 aromatic rings. The second-order valence-corrected chi connectivity index (χ2v) is 7.87. The Bertz CT molecular complexity index is 732. The molecule has 0 amide bonds. The smallest absolute Gasteiger partial charge is 0.240 e. The van der Waals surface area contributed by atoms with Gasteiger partial charge in [-0.1, -0.05) is 6.92 Å². The number of aromatic nitrogens is 1. The molecule has 0 aliphatic rings. The van der Waals surface area contributed by atoms with E-state index in [1.807, 2.05) is 6.26 Å². The van der Waals surface area contributed by atoms with Gasteiger partial charge in [0, 0.05) is 17.2 Å². The third kappa shape index (κ3) is 4.09. The number of nitrogens with one attached hydrogen (secondary N) is 1. The summed E-state index contributed by atoms with van der Waals surface area (Å²) >= 11 is 1.72. The van der Waals surface area contributed by atoms with Gasteiger partial charge in [-0.05, 0) is 43.0 Å². The van der Waals surface area contributed by atoms with Crippen LogP contribution in [0.3, 0.4) is 0 Å². The lowest BCUT2D eigenvalue weighted by Crippen LogP contribution is -2.26. The Morgan fingerprint density at radius 3 is 2.81 bits per heavy atom. The lowest BCUT2D eigenvalue weighted by Gasteiger charge is -2.10. The van der Waals surface area contributed by atoms with Crippen LogP contribution in [0, 0.1) is 0 Å². The summed E-state index contributed by atoms with van der Waals surface area (Å²) in [6.45, 7) is 2.51. The van der Waals surface area contributed by atoms with Gasteiger partial charge in [-0.2, -0.15) is 11.8 Å². The van der Waals surface area contributed by atoms with E-state index in [-0.39, 0.29) is 4.90 Å². The fourth-order valence-electron chi connectivity index (χ4n) is 1.88. The standard InChI is InChI=1S/C14H19N3O2S2/c1-10(20-2)7-8-16-21(18,19)12-4-5-13-11(9-12)3-6-14(15)17-13/h3-6,9-10,16H,7-8H2,1-2H3,(H2,15,17). The number of rotatable bonds is 6. The molecule has 0 saturated heterocycles. The molecular weight excluding hydrogens is 306 g/mol. The highest BCUT2D eigenvalue weighted by Crippen LogP contribution is 2.19. The van der Waals surface area contributed by atoms with Crippen molar-refractivity contribution in [2.45, 2.75) is 23.5 Å². The topological polar surface area (TPSA) is 85.1 Å². The molecular formula is C14H19N3O2S2. The van der Waals surface area contributed by atoms with Crippen LogP contribution >= 0.6 is 11.8 Å². The van der Waals surface area contributed by atoms with Crippen molar-refractivity contribution >= 4 is 38.5 Å². The fourth-order valence-corrected chi connectivity index (χ4v) is 3.32. The van der Waals surface area contributed by atoms with E-state index < -0.39 is 10.0 Å². The molecule has 1 aromatic carbocycles. The Balaban J connectivity index is 2.18. The summed E-state index contributed by atoms with van der Waals surface area (Å²) in [5.41, 5.74) is 6.30. The largest absolute Gasteiger partial charge is 0.384 e. The van der Waals surface area contributed by atoms with E-state index in [4.69, 9.17) is 5.73 Å². The summed E-state index contributed by atoms with van der Waals surface area (Å²) in [7, 11) is -3.48. The third-order valence-electron chi connectivity index (χ3n) is 3.24. The van der Waals surface area contributed by atoms with Crippen LogP contribution in [0.5, 0.6) is 0 Å². The molecule has 5 nitrogen and oxygen atoms in total. The van der Waals surface area contributed by atoms with E-state index in [9.17, 15) is 8.42 Å². The minimum Gasteiger partial charge on any atom is -0.384 e. The van der Waals surface area contributed by atoms with Crippen LogP contribution in [-0.4, -0.2) is 31.5 Å². The first-order valence-electron chi connectivity index (χ1n) is 6.61. The molecule has 0 fully saturated rings. The number of nitrogens with zero attached hydrogens (tertiary/aromatic N) is 1. The first-order chi connectivity index (χ1) is 9.92. The highest BCUT2D eigenvalue weighted by atomic mass is 32.2. The van der Waals surface area contributed by atoms with Crippen molar-refractivity contribution in [3.8, 4) is 0 Å². The molecule has 0 aliphatic carbocycles. The van der Waals surface area contributed by atoms with Gasteiger partial charge in [-0.3, -0.25) is 0 Å². The first kappa shape index (κ1) is 16.1. The van der Waals surface area contributed by atoms with Gasteiger partial charge < -0.3 is 5.73 Å². The molecule has 7 heteroatoms. The number of thioether (sulfide) groups is 1. The molecule has 0 radical (unpaired) electrons. The van der Waals surface area contributed by atoms with E-state index in [0.29, 0.717) is 23.1 Å². The van der Waals surface area contributed by atoms with Crippen LogP contribution in [0.2, 0.25) is 0 Å². The minimum absolute atomic E-state index is 0.248. The Labute approximate surface area is 129 Å². The number of hydrogen-bond acceptors (Lipinski definition) is 5. The Hall–Kier alpha value is -1.31. The van der Waals surface area contributed by atoms with E-state index in [0.717, 1.165) is 11.8 Å². The summed E-state index contributed by atoms with van der Waals surface area (Å²) < 4.78 is 27.1. The van der Waals surface area contributed by atoms with E-state index in [1.54, 1.807) is 42.1 Å². The summed E-state index contributed by atoms with van der Waals surface area (Å²) in [5, 5.41) is 1.18. The fraction of sp³-hybridized carbons (Fsp3) is 0.357. The molecule has 0 spiro atoms. The summed E-state index contributed by atoms with van der Waals surface area (Å²) in [5.74, 6) is 0.419. The van der Waals surface area contributed by atoms with Crippen LogP contribution in [0.4, 0.5) is 5.82 Å². The minimum atomic E-state index is -3.48. The van der Waals surface area contributed by atoms with Crippen molar-refractivity contribution in [3.63, 3.8) is 0 Å². The van der Waals surface area contributed by atoms with Crippen molar-refractivity contribution < 1.29 is 8.42 Å². The summed E-state index contributed by atoms with van der Waals surface area (Å²) in [6.07, 6.45) is 2.81. The number of hydrogen-bond donors (Lipinski definition) is 2. The number of anilines is 1. The maximum absolute atomic E-state index is 12.2. The van der Waals surface area contributed by atoms with Crippen molar-refractivity contribution in [1.82, 2.24) is 9.71 Å². The van der Waals surface area contributed by atoms with Crippen molar-refractivity contribution in [3.05, 3.63) is 30.3 Å². The number of benzene rings is 1. The molecule has 2 rings (SSSR count). The van der Waals surface area contributed by atoms with Gasteiger partial charge in [0.2, 0.25) is 10.0 Å². The second kappa shape index (κ2) is 6.64. The normalized spacial score (nSPS) is 13.4. The number of sulfonamides is 1. The predicted molar refractivity (Wildman–Crippen MR) is 88.9 cm³/mol. The van der Waals surface area contributed by atoms with Crippen LogP contribution in [0.15, 0.2) is 35.2 Å².